The van der Waals surface area contributed by atoms with Gasteiger partial charge in [-0.3, -0.25) is 9.69 Å². The van der Waals surface area contributed by atoms with Gasteiger partial charge in [0.2, 0.25) is 0 Å². The van der Waals surface area contributed by atoms with Gasteiger partial charge in [0, 0.05) is 0 Å². The van der Waals surface area contributed by atoms with Gasteiger partial charge in [-0.15, -0.1) is 0 Å². The summed E-state index contributed by atoms with van der Waals surface area (Å²) in [7, 11) is 0. The molecule has 0 unspecified atom stereocenters. The highest BCUT2D eigenvalue weighted by molar-refractivity contribution is 5.93. The number of benzene rings is 3. The molecule has 2 aliphatic rings. The van der Waals surface area contributed by atoms with Gasteiger partial charge in [-0.2, -0.15) is 0 Å². The lowest BCUT2D eigenvalue weighted by Gasteiger charge is -2.52. The highest BCUT2D eigenvalue weighted by Gasteiger charge is 2.67. The van der Waals surface area contributed by atoms with Gasteiger partial charge in [-0.05, 0) is 53.4 Å². The van der Waals surface area contributed by atoms with E-state index in [-0.39, 0.29) is 19.2 Å². The maximum Gasteiger partial charge on any atom is 0.411 e. The molecule has 0 aliphatic carbocycles. The Labute approximate surface area is 175 Å². The number of esters is 1. The van der Waals surface area contributed by atoms with E-state index in [0.29, 0.717) is 6.54 Å². The van der Waals surface area contributed by atoms with Gasteiger partial charge in [0.05, 0.1) is 13.2 Å². The Morgan fingerprint density at radius 2 is 1.73 bits per heavy atom. The van der Waals surface area contributed by atoms with E-state index in [1.165, 1.54) is 0 Å². The smallest absolute Gasteiger partial charge is 0.411 e. The number of hydrogen-bond acceptors (Lipinski definition) is 4. The zero-order valence-corrected chi connectivity index (χ0v) is 17.1. The number of ether oxygens (including phenoxy) is 2. The molecule has 152 valence electrons. The summed E-state index contributed by atoms with van der Waals surface area (Å²) in [6, 6.07) is 21.9. The molecule has 30 heavy (non-hydrogen) atoms. The van der Waals surface area contributed by atoms with E-state index in [1.807, 2.05) is 61.5 Å². The van der Waals surface area contributed by atoms with Crippen LogP contribution in [-0.4, -0.2) is 30.2 Å². The molecule has 1 amide bonds. The first-order valence-electron chi connectivity index (χ1n) is 10.2. The second-order valence-electron chi connectivity index (χ2n) is 8.07. The van der Waals surface area contributed by atoms with E-state index in [4.69, 9.17) is 9.47 Å². The number of fused-ring (bicyclic) bond motifs is 3. The van der Waals surface area contributed by atoms with Crippen LogP contribution in [-0.2, 0) is 31.8 Å². The van der Waals surface area contributed by atoms with Crippen LogP contribution in [0.3, 0.4) is 0 Å². The molecule has 2 atom stereocenters. The Balaban J connectivity index is 1.86. The standard InChI is InChI=1S/C25H23NO4/c1-3-29-22(27)24(2)21-14-18-10-8-7-9-17(18)13-19(21)15-26-23(28)30-16-25(24,26)20-11-5-4-6-12-20/h4-14H,3,15-16H2,1-2H3/t24-,25-/m1/s1. The largest absolute Gasteiger partial charge is 0.465 e. The molecular formula is C25H23NO4. The Morgan fingerprint density at radius 3 is 2.43 bits per heavy atom. The molecule has 5 nitrogen and oxygen atoms in total. The molecule has 0 radical (unpaired) electrons. The van der Waals surface area contributed by atoms with Crippen LogP contribution >= 0.6 is 0 Å². The number of carbonyl (C=O) groups excluding carboxylic acids is 2. The molecule has 0 saturated carbocycles. The van der Waals surface area contributed by atoms with E-state index >= 15 is 0 Å². The molecule has 3 aromatic carbocycles. The molecule has 5 rings (SSSR count). The molecule has 0 N–H and O–H groups in total. The van der Waals surface area contributed by atoms with E-state index in [9.17, 15) is 9.59 Å². The van der Waals surface area contributed by atoms with Crippen molar-refractivity contribution < 1.29 is 19.1 Å². The van der Waals surface area contributed by atoms with Crippen LogP contribution in [0, 0.1) is 0 Å². The number of carbonyl (C=O) groups is 2. The van der Waals surface area contributed by atoms with Crippen LogP contribution in [0.5, 0.6) is 0 Å². The molecule has 5 heteroatoms. The zero-order valence-electron chi connectivity index (χ0n) is 17.1. The fraction of sp³-hybridized carbons (Fsp3) is 0.280. The van der Waals surface area contributed by atoms with Crippen LogP contribution in [0.25, 0.3) is 10.8 Å². The third kappa shape index (κ3) is 2.29. The Bertz CT molecular complexity index is 1160. The fourth-order valence-electron chi connectivity index (χ4n) is 5.16. The lowest BCUT2D eigenvalue weighted by molar-refractivity contribution is -0.157. The molecule has 3 aromatic rings. The number of cyclic esters (lactones) is 1. The zero-order chi connectivity index (χ0) is 20.9. The van der Waals surface area contributed by atoms with Gasteiger partial charge in [-0.1, -0.05) is 54.6 Å². The van der Waals surface area contributed by atoms with E-state index in [0.717, 1.165) is 27.5 Å². The lowest BCUT2D eigenvalue weighted by Crippen LogP contribution is -2.64. The number of hydrogen-bond donors (Lipinski definition) is 0. The van der Waals surface area contributed by atoms with Crippen molar-refractivity contribution in [2.45, 2.75) is 31.3 Å². The maximum atomic E-state index is 13.6. The fourth-order valence-corrected chi connectivity index (χ4v) is 5.16. The van der Waals surface area contributed by atoms with Crippen molar-refractivity contribution >= 4 is 22.8 Å². The molecule has 0 aromatic heterocycles. The molecule has 2 heterocycles. The van der Waals surface area contributed by atoms with E-state index in [2.05, 4.69) is 12.1 Å². The Kier molecular flexibility index (Phi) is 4.10. The van der Waals surface area contributed by atoms with Crippen LogP contribution < -0.4 is 0 Å². The van der Waals surface area contributed by atoms with Crippen LogP contribution in [0.2, 0.25) is 0 Å². The SMILES string of the molecule is CCOC(=O)[C@@]1(C)c2cc3ccccc3cc2CN2C(=O)OC[C@]21c1ccccc1. The summed E-state index contributed by atoms with van der Waals surface area (Å²) >= 11 is 0. The van der Waals surface area contributed by atoms with Crippen molar-refractivity contribution in [1.82, 2.24) is 4.90 Å². The third-order valence-electron chi connectivity index (χ3n) is 6.69. The average Bonchev–Trinajstić information content (AvgIpc) is 3.11. The molecular weight excluding hydrogens is 378 g/mol. The molecule has 2 aliphatic heterocycles. The summed E-state index contributed by atoms with van der Waals surface area (Å²) < 4.78 is 11.2. The molecule has 1 saturated heterocycles. The quantitative estimate of drug-likeness (QED) is 0.606. The van der Waals surface area contributed by atoms with Crippen molar-refractivity contribution in [3.8, 4) is 0 Å². The minimum absolute atomic E-state index is 0.0947. The summed E-state index contributed by atoms with van der Waals surface area (Å²) in [5.74, 6) is -0.353. The second kappa shape index (κ2) is 6.59. The first-order chi connectivity index (χ1) is 14.5. The van der Waals surface area contributed by atoms with Gasteiger partial charge in [0.25, 0.3) is 0 Å². The van der Waals surface area contributed by atoms with Gasteiger partial charge >= 0.3 is 12.1 Å². The van der Waals surface area contributed by atoms with Crippen LogP contribution in [0.15, 0.2) is 66.7 Å². The van der Waals surface area contributed by atoms with Crippen molar-refractivity contribution in [2.75, 3.05) is 13.2 Å². The van der Waals surface area contributed by atoms with Gasteiger partial charge < -0.3 is 9.47 Å². The summed E-state index contributed by atoms with van der Waals surface area (Å²) in [5.41, 5.74) is 0.583. The maximum absolute atomic E-state index is 13.6. The lowest BCUT2D eigenvalue weighted by atomic mass is 9.59. The number of nitrogens with zero attached hydrogens (tertiary/aromatic N) is 1. The summed E-state index contributed by atoms with van der Waals surface area (Å²) in [5, 5.41) is 2.12. The molecule has 0 spiro atoms. The Morgan fingerprint density at radius 1 is 1.07 bits per heavy atom. The highest BCUT2D eigenvalue weighted by atomic mass is 16.6. The van der Waals surface area contributed by atoms with E-state index < -0.39 is 17.0 Å². The van der Waals surface area contributed by atoms with Crippen molar-refractivity contribution in [1.29, 1.82) is 0 Å². The summed E-state index contributed by atoms with van der Waals surface area (Å²) in [4.78, 5) is 28.2. The summed E-state index contributed by atoms with van der Waals surface area (Å²) in [6.45, 7) is 4.42. The first-order valence-corrected chi connectivity index (χ1v) is 10.2. The predicted octanol–water partition coefficient (Wildman–Crippen LogP) is 4.52. The van der Waals surface area contributed by atoms with Crippen molar-refractivity contribution in [3.05, 3.63) is 83.4 Å². The second-order valence-corrected chi connectivity index (χ2v) is 8.07. The summed E-state index contributed by atoms with van der Waals surface area (Å²) in [6.07, 6.45) is -0.409. The van der Waals surface area contributed by atoms with Crippen LogP contribution in [0.4, 0.5) is 4.79 Å². The minimum Gasteiger partial charge on any atom is -0.465 e. The normalized spacial score (nSPS) is 24.9. The Hall–Kier alpha value is -3.34. The average molecular weight is 401 g/mol. The number of rotatable bonds is 3. The molecule has 0 bridgehead atoms. The minimum atomic E-state index is -1.13. The molecule has 1 fully saturated rings. The van der Waals surface area contributed by atoms with Gasteiger partial charge in [0.1, 0.15) is 17.6 Å². The van der Waals surface area contributed by atoms with Gasteiger partial charge in [-0.25, -0.2) is 4.79 Å². The third-order valence-corrected chi connectivity index (χ3v) is 6.69. The first kappa shape index (κ1) is 18.7. The predicted molar refractivity (Wildman–Crippen MR) is 113 cm³/mol. The van der Waals surface area contributed by atoms with E-state index in [1.54, 1.807) is 11.8 Å². The highest BCUT2D eigenvalue weighted by Crippen LogP contribution is 2.55. The monoisotopic (exact) mass is 401 g/mol. The van der Waals surface area contributed by atoms with Crippen molar-refractivity contribution in [2.24, 2.45) is 0 Å². The van der Waals surface area contributed by atoms with Gasteiger partial charge in [0.15, 0.2) is 0 Å². The topological polar surface area (TPSA) is 55.8 Å². The van der Waals surface area contributed by atoms with Crippen molar-refractivity contribution in [3.63, 3.8) is 0 Å². The van der Waals surface area contributed by atoms with Crippen LogP contribution in [0.1, 0.15) is 30.5 Å². The number of amides is 1.